The van der Waals surface area contributed by atoms with Crippen molar-refractivity contribution in [3.05, 3.63) is 16.1 Å². The standard InChI is InChI=1S/C12H19N3OS/c1-9-14-8-11(17-9)6-7-13-12(16)15-10-4-2-3-5-10/h8,10H,2-7H2,1H3,(H2,13,15,16). The molecule has 2 N–H and O–H groups in total. The fourth-order valence-corrected chi connectivity index (χ4v) is 2.92. The molecule has 0 aromatic carbocycles. The molecule has 1 aliphatic rings. The summed E-state index contributed by atoms with van der Waals surface area (Å²) in [4.78, 5) is 17.0. The number of carbonyl (C=O) groups excluding carboxylic acids is 1. The third kappa shape index (κ3) is 4.00. The molecule has 1 saturated carbocycles. The number of amides is 2. The van der Waals surface area contributed by atoms with E-state index in [1.54, 1.807) is 11.3 Å². The third-order valence-corrected chi connectivity index (χ3v) is 3.99. The Bertz CT molecular complexity index is 372. The second-order valence-electron chi connectivity index (χ2n) is 4.48. The lowest BCUT2D eigenvalue weighted by atomic mass is 10.2. The molecule has 0 atom stereocenters. The van der Waals surface area contributed by atoms with Crippen LogP contribution in [0.5, 0.6) is 0 Å². The minimum absolute atomic E-state index is 0.0295. The summed E-state index contributed by atoms with van der Waals surface area (Å²) >= 11 is 1.69. The molecule has 0 unspecified atom stereocenters. The zero-order chi connectivity index (χ0) is 12.1. The Balaban J connectivity index is 1.62. The summed E-state index contributed by atoms with van der Waals surface area (Å²) in [5.74, 6) is 0. The number of thiazole rings is 1. The summed E-state index contributed by atoms with van der Waals surface area (Å²) in [6.45, 7) is 2.68. The first-order chi connectivity index (χ1) is 8.24. The van der Waals surface area contributed by atoms with Crippen molar-refractivity contribution in [3.8, 4) is 0 Å². The molecule has 0 spiro atoms. The molecule has 5 heteroatoms. The number of rotatable bonds is 4. The van der Waals surface area contributed by atoms with Crippen molar-refractivity contribution in [2.45, 2.75) is 45.1 Å². The second kappa shape index (κ2) is 6.00. The third-order valence-electron chi connectivity index (χ3n) is 3.02. The van der Waals surface area contributed by atoms with Gasteiger partial charge in [0.15, 0.2) is 0 Å². The number of nitrogens with one attached hydrogen (secondary N) is 2. The maximum absolute atomic E-state index is 11.6. The molecule has 1 aliphatic carbocycles. The predicted octanol–water partition coefficient (Wildman–Crippen LogP) is 2.24. The quantitative estimate of drug-likeness (QED) is 0.864. The van der Waals surface area contributed by atoms with E-state index in [2.05, 4.69) is 15.6 Å². The van der Waals surface area contributed by atoms with E-state index in [1.165, 1.54) is 17.7 Å². The number of nitrogens with zero attached hydrogens (tertiary/aromatic N) is 1. The van der Waals surface area contributed by atoms with E-state index in [1.807, 2.05) is 13.1 Å². The van der Waals surface area contributed by atoms with Crippen LogP contribution in [-0.2, 0) is 6.42 Å². The molecule has 2 rings (SSSR count). The highest BCUT2D eigenvalue weighted by Gasteiger charge is 2.16. The fraction of sp³-hybridized carbons (Fsp3) is 0.667. The van der Waals surface area contributed by atoms with Crippen LogP contribution in [0.2, 0.25) is 0 Å². The topological polar surface area (TPSA) is 54.0 Å². The smallest absolute Gasteiger partial charge is 0.315 e. The number of hydrogen-bond donors (Lipinski definition) is 2. The first-order valence-electron chi connectivity index (χ1n) is 6.20. The van der Waals surface area contributed by atoms with Gasteiger partial charge in [-0.1, -0.05) is 12.8 Å². The molecular weight excluding hydrogens is 234 g/mol. The maximum Gasteiger partial charge on any atom is 0.315 e. The highest BCUT2D eigenvalue weighted by molar-refractivity contribution is 7.11. The molecule has 1 aromatic heterocycles. The Hall–Kier alpha value is -1.10. The first-order valence-corrected chi connectivity index (χ1v) is 7.01. The lowest BCUT2D eigenvalue weighted by Crippen LogP contribution is -2.41. The van der Waals surface area contributed by atoms with Gasteiger partial charge in [-0.15, -0.1) is 11.3 Å². The molecule has 2 amide bonds. The van der Waals surface area contributed by atoms with Gasteiger partial charge >= 0.3 is 6.03 Å². The Morgan fingerprint density at radius 3 is 2.94 bits per heavy atom. The minimum Gasteiger partial charge on any atom is -0.338 e. The van der Waals surface area contributed by atoms with Crippen molar-refractivity contribution in [3.63, 3.8) is 0 Å². The van der Waals surface area contributed by atoms with Crippen LogP contribution in [0.1, 0.15) is 35.6 Å². The summed E-state index contributed by atoms with van der Waals surface area (Å²) < 4.78 is 0. The SMILES string of the molecule is Cc1ncc(CCNC(=O)NC2CCCC2)s1. The predicted molar refractivity (Wildman–Crippen MR) is 69.3 cm³/mol. The molecule has 1 fully saturated rings. The van der Waals surface area contributed by atoms with Crippen molar-refractivity contribution in [1.82, 2.24) is 15.6 Å². The summed E-state index contributed by atoms with van der Waals surface area (Å²) in [6, 6.07) is 0.360. The van der Waals surface area contributed by atoms with Gasteiger partial charge in [-0.25, -0.2) is 9.78 Å². The van der Waals surface area contributed by atoms with E-state index in [0.29, 0.717) is 12.6 Å². The molecule has 0 aliphatic heterocycles. The van der Waals surface area contributed by atoms with Gasteiger partial charge in [0.05, 0.1) is 5.01 Å². The van der Waals surface area contributed by atoms with Crippen LogP contribution in [0.4, 0.5) is 4.79 Å². The largest absolute Gasteiger partial charge is 0.338 e. The van der Waals surface area contributed by atoms with Gasteiger partial charge in [-0.05, 0) is 19.8 Å². The van der Waals surface area contributed by atoms with Crippen molar-refractivity contribution in [2.24, 2.45) is 0 Å². The van der Waals surface area contributed by atoms with Gasteiger partial charge in [0, 0.05) is 30.1 Å². The van der Waals surface area contributed by atoms with Crippen LogP contribution < -0.4 is 10.6 Å². The highest BCUT2D eigenvalue weighted by atomic mass is 32.1. The average molecular weight is 253 g/mol. The van der Waals surface area contributed by atoms with E-state index in [-0.39, 0.29) is 6.03 Å². The van der Waals surface area contributed by atoms with Crippen LogP contribution in [0.3, 0.4) is 0 Å². The number of urea groups is 1. The van der Waals surface area contributed by atoms with E-state index in [0.717, 1.165) is 24.3 Å². The van der Waals surface area contributed by atoms with Crippen molar-refractivity contribution < 1.29 is 4.79 Å². The van der Waals surface area contributed by atoms with Crippen molar-refractivity contribution in [1.29, 1.82) is 0 Å². The number of carbonyl (C=O) groups is 1. The van der Waals surface area contributed by atoms with Crippen LogP contribution in [0.15, 0.2) is 6.20 Å². The molecule has 4 nitrogen and oxygen atoms in total. The number of hydrogen-bond acceptors (Lipinski definition) is 3. The first kappa shape index (κ1) is 12.4. The molecule has 17 heavy (non-hydrogen) atoms. The molecule has 0 saturated heterocycles. The lowest BCUT2D eigenvalue weighted by molar-refractivity contribution is 0.237. The minimum atomic E-state index is -0.0295. The van der Waals surface area contributed by atoms with Gasteiger partial charge in [0.1, 0.15) is 0 Å². The monoisotopic (exact) mass is 253 g/mol. The van der Waals surface area contributed by atoms with Gasteiger partial charge in [-0.2, -0.15) is 0 Å². The van der Waals surface area contributed by atoms with Crippen molar-refractivity contribution in [2.75, 3.05) is 6.54 Å². The van der Waals surface area contributed by atoms with Gasteiger partial charge in [0.25, 0.3) is 0 Å². The van der Waals surface area contributed by atoms with Crippen LogP contribution in [0, 0.1) is 6.92 Å². The fourth-order valence-electron chi connectivity index (χ4n) is 2.13. The molecule has 0 bridgehead atoms. The molecule has 1 heterocycles. The average Bonchev–Trinajstić information content (AvgIpc) is 2.90. The summed E-state index contributed by atoms with van der Waals surface area (Å²) in [6.07, 6.45) is 7.49. The Kier molecular flexibility index (Phi) is 4.36. The normalized spacial score (nSPS) is 16.1. The van der Waals surface area contributed by atoms with Gasteiger partial charge in [-0.3, -0.25) is 0 Å². The Morgan fingerprint density at radius 2 is 2.29 bits per heavy atom. The highest BCUT2D eigenvalue weighted by Crippen LogP contribution is 2.17. The van der Waals surface area contributed by atoms with Crippen molar-refractivity contribution >= 4 is 17.4 Å². The van der Waals surface area contributed by atoms with E-state index in [9.17, 15) is 4.79 Å². The molecular formula is C12H19N3OS. The molecule has 94 valence electrons. The Morgan fingerprint density at radius 1 is 1.53 bits per heavy atom. The van der Waals surface area contributed by atoms with Gasteiger partial charge < -0.3 is 10.6 Å². The number of aryl methyl sites for hydroxylation is 1. The Labute approximate surface area is 106 Å². The number of aromatic nitrogens is 1. The van der Waals surface area contributed by atoms with Crippen LogP contribution in [-0.4, -0.2) is 23.6 Å². The maximum atomic E-state index is 11.6. The summed E-state index contributed by atoms with van der Waals surface area (Å²) in [5.41, 5.74) is 0. The van der Waals surface area contributed by atoms with Crippen LogP contribution in [0.25, 0.3) is 0 Å². The van der Waals surface area contributed by atoms with E-state index < -0.39 is 0 Å². The second-order valence-corrected chi connectivity index (χ2v) is 5.80. The van der Waals surface area contributed by atoms with E-state index in [4.69, 9.17) is 0 Å². The molecule has 1 aromatic rings. The zero-order valence-electron chi connectivity index (χ0n) is 10.2. The van der Waals surface area contributed by atoms with Gasteiger partial charge in [0.2, 0.25) is 0 Å². The lowest BCUT2D eigenvalue weighted by Gasteiger charge is -2.12. The summed E-state index contributed by atoms with van der Waals surface area (Å²) in [7, 11) is 0. The van der Waals surface area contributed by atoms with Crippen LogP contribution >= 0.6 is 11.3 Å². The zero-order valence-corrected chi connectivity index (χ0v) is 11.0. The summed E-state index contributed by atoms with van der Waals surface area (Å²) in [5, 5.41) is 6.98. The molecule has 0 radical (unpaired) electrons. The van der Waals surface area contributed by atoms with E-state index >= 15 is 0 Å².